The average molecular weight is 359 g/mol. The van der Waals surface area contributed by atoms with Crippen molar-refractivity contribution in [1.82, 2.24) is 9.97 Å². The molecule has 2 aromatic rings. The molecule has 0 aliphatic rings. The third kappa shape index (κ3) is 4.99. The minimum atomic E-state index is -4.52. The maximum absolute atomic E-state index is 13.2. The lowest BCUT2D eigenvalue weighted by molar-refractivity contribution is -0.136. The van der Waals surface area contributed by atoms with Crippen LogP contribution < -0.4 is 10.6 Å². The van der Waals surface area contributed by atoms with E-state index in [1.165, 1.54) is 12.1 Å². The molecule has 0 aliphatic carbocycles. The largest absolute Gasteiger partial charge is 0.418 e. The van der Waals surface area contributed by atoms with Crippen LogP contribution in [0.5, 0.6) is 0 Å². The highest BCUT2D eigenvalue weighted by Gasteiger charge is 2.34. The summed E-state index contributed by atoms with van der Waals surface area (Å²) in [5.74, 6) is 1.04. The molecule has 0 spiro atoms. The van der Waals surface area contributed by atoms with Crippen molar-refractivity contribution >= 4 is 29.1 Å². The van der Waals surface area contributed by atoms with Gasteiger partial charge in [0.05, 0.1) is 11.3 Å². The van der Waals surface area contributed by atoms with Gasteiger partial charge in [-0.05, 0) is 31.0 Å². The molecule has 0 atom stereocenters. The van der Waals surface area contributed by atoms with Gasteiger partial charge in [0.25, 0.3) is 0 Å². The van der Waals surface area contributed by atoms with Gasteiger partial charge in [0, 0.05) is 23.3 Å². The SMILES string of the molecule is Cc1cc(Nc2ccc(Cl)cc2C(F)(F)F)nc(NCC(C)C)n1. The molecule has 130 valence electrons. The fraction of sp³-hybridized carbons (Fsp3) is 0.375. The van der Waals surface area contributed by atoms with Crippen LogP contribution in [-0.2, 0) is 6.18 Å². The van der Waals surface area contributed by atoms with Crippen molar-refractivity contribution in [3.05, 3.63) is 40.5 Å². The maximum Gasteiger partial charge on any atom is 0.418 e. The van der Waals surface area contributed by atoms with E-state index >= 15 is 0 Å². The molecule has 0 bridgehead atoms. The zero-order valence-electron chi connectivity index (χ0n) is 13.5. The number of nitrogens with one attached hydrogen (secondary N) is 2. The molecule has 0 amide bonds. The van der Waals surface area contributed by atoms with Crippen LogP contribution in [0.2, 0.25) is 5.02 Å². The molecular formula is C16H18ClF3N4. The Balaban J connectivity index is 2.31. The average Bonchev–Trinajstić information content (AvgIpc) is 2.45. The smallest absolute Gasteiger partial charge is 0.354 e. The highest BCUT2D eigenvalue weighted by Crippen LogP contribution is 2.37. The first-order valence-electron chi connectivity index (χ1n) is 7.38. The van der Waals surface area contributed by atoms with Crippen LogP contribution in [0, 0.1) is 12.8 Å². The standard InChI is InChI=1S/C16H18ClF3N4/c1-9(2)8-21-15-22-10(3)6-14(24-15)23-13-5-4-11(17)7-12(13)16(18,19)20/h4-7,9H,8H2,1-3H3,(H2,21,22,23,24). The molecule has 0 unspecified atom stereocenters. The predicted molar refractivity (Wildman–Crippen MR) is 89.8 cm³/mol. The van der Waals surface area contributed by atoms with Gasteiger partial charge in [-0.15, -0.1) is 0 Å². The Morgan fingerprint density at radius 2 is 1.88 bits per heavy atom. The summed E-state index contributed by atoms with van der Waals surface area (Å²) < 4.78 is 39.5. The van der Waals surface area contributed by atoms with Crippen LogP contribution in [-0.4, -0.2) is 16.5 Å². The summed E-state index contributed by atoms with van der Waals surface area (Å²) in [7, 11) is 0. The molecule has 2 N–H and O–H groups in total. The fourth-order valence-corrected chi connectivity index (χ4v) is 2.18. The number of hydrogen-bond donors (Lipinski definition) is 2. The number of rotatable bonds is 5. The molecule has 0 saturated carbocycles. The van der Waals surface area contributed by atoms with E-state index in [4.69, 9.17) is 11.6 Å². The number of benzene rings is 1. The quantitative estimate of drug-likeness (QED) is 0.764. The summed E-state index contributed by atoms with van der Waals surface area (Å²) in [5.41, 5.74) is -0.316. The summed E-state index contributed by atoms with van der Waals surface area (Å²) in [6.07, 6.45) is -4.52. The van der Waals surface area contributed by atoms with Crippen molar-refractivity contribution < 1.29 is 13.2 Å². The molecule has 0 radical (unpaired) electrons. The highest BCUT2D eigenvalue weighted by molar-refractivity contribution is 6.30. The molecule has 4 nitrogen and oxygen atoms in total. The number of hydrogen-bond acceptors (Lipinski definition) is 4. The Morgan fingerprint density at radius 1 is 1.17 bits per heavy atom. The molecule has 8 heteroatoms. The third-order valence-electron chi connectivity index (χ3n) is 3.07. The number of nitrogens with zero attached hydrogens (tertiary/aromatic N) is 2. The van der Waals surface area contributed by atoms with Gasteiger partial charge in [0.15, 0.2) is 0 Å². The van der Waals surface area contributed by atoms with E-state index < -0.39 is 11.7 Å². The summed E-state index contributed by atoms with van der Waals surface area (Å²) in [6.45, 7) is 6.48. The lowest BCUT2D eigenvalue weighted by Gasteiger charge is -2.15. The predicted octanol–water partition coefficient (Wildman–Crippen LogP) is 5.27. The molecule has 1 aromatic carbocycles. The van der Waals surface area contributed by atoms with Crippen molar-refractivity contribution in [2.75, 3.05) is 17.2 Å². The minimum Gasteiger partial charge on any atom is -0.354 e. The molecule has 2 rings (SSSR count). The molecule has 0 saturated heterocycles. The van der Waals surface area contributed by atoms with E-state index in [0.29, 0.717) is 24.1 Å². The molecular weight excluding hydrogens is 341 g/mol. The summed E-state index contributed by atoms with van der Waals surface area (Å²) in [4.78, 5) is 8.44. The van der Waals surface area contributed by atoms with Gasteiger partial charge < -0.3 is 10.6 Å². The van der Waals surface area contributed by atoms with Gasteiger partial charge in [-0.2, -0.15) is 18.2 Å². The van der Waals surface area contributed by atoms with Gasteiger partial charge in [-0.1, -0.05) is 25.4 Å². The van der Waals surface area contributed by atoms with Crippen LogP contribution in [0.4, 0.5) is 30.6 Å². The highest BCUT2D eigenvalue weighted by atomic mass is 35.5. The Hall–Kier alpha value is -2.02. The number of halogens is 4. The molecule has 24 heavy (non-hydrogen) atoms. The van der Waals surface area contributed by atoms with Gasteiger partial charge >= 0.3 is 6.18 Å². The fourth-order valence-electron chi connectivity index (χ4n) is 2.01. The van der Waals surface area contributed by atoms with Gasteiger partial charge in [0.2, 0.25) is 5.95 Å². The van der Waals surface area contributed by atoms with Crippen molar-refractivity contribution in [2.24, 2.45) is 5.92 Å². The van der Waals surface area contributed by atoms with E-state index in [0.717, 1.165) is 6.07 Å². The minimum absolute atomic E-state index is 0.0195. The van der Waals surface area contributed by atoms with E-state index in [2.05, 4.69) is 20.6 Å². The zero-order chi connectivity index (χ0) is 17.9. The first-order chi connectivity index (χ1) is 11.1. The van der Waals surface area contributed by atoms with Crippen molar-refractivity contribution in [1.29, 1.82) is 0 Å². The third-order valence-corrected chi connectivity index (χ3v) is 3.31. The maximum atomic E-state index is 13.2. The molecule has 1 aromatic heterocycles. The van der Waals surface area contributed by atoms with Gasteiger partial charge in [-0.3, -0.25) is 0 Å². The van der Waals surface area contributed by atoms with Gasteiger partial charge in [0.1, 0.15) is 5.82 Å². The first-order valence-corrected chi connectivity index (χ1v) is 7.76. The lowest BCUT2D eigenvalue weighted by atomic mass is 10.1. The normalized spacial score (nSPS) is 11.7. The Labute approximate surface area is 143 Å². The van der Waals surface area contributed by atoms with Crippen LogP contribution in [0.15, 0.2) is 24.3 Å². The Kier molecular flexibility index (Phi) is 5.54. The summed E-state index contributed by atoms with van der Waals surface area (Å²) in [6, 6.07) is 5.14. The second-order valence-corrected chi connectivity index (χ2v) is 6.24. The summed E-state index contributed by atoms with van der Waals surface area (Å²) in [5, 5.41) is 5.78. The van der Waals surface area contributed by atoms with Crippen molar-refractivity contribution in [3.8, 4) is 0 Å². The van der Waals surface area contributed by atoms with E-state index in [1.807, 2.05) is 13.8 Å². The number of anilines is 3. The zero-order valence-corrected chi connectivity index (χ0v) is 14.3. The second kappa shape index (κ2) is 7.25. The van der Waals surface area contributed by atoms with Crippen LogP contribution in [0.25, 0.3) is 0 Å². The summed E-state index contributed by atoms with van der Waals surface area (Å²) >= 11 is 5.68. The molecule has 0 aliphatic heterocycles. The number of aryl methyl sites for hydroxylation is 1. The molecule has 0 fully saturated rings. The number of aromatic nitrogens is 2. The topological polar surface area (TPSA) is 49.8 Å². The number of alkyl halides is 3. The van der Waals surface area contributed by atoms with Gasteiger partial charge in [-0.25, -0.2) is 4.98 Å². The van der Waals surface area contributed by atoms with Crippen LogP contribution in [0.3, 0.4) is 0 Å². The van der Waals surface area contributed by atoms with Crippen LogP contribution in [0.1, 0.15) is 25.1 Å². The lowest BCUT2D eigenvalue weighted by Crippen LogP contribution is -2.13. The molecule has 1 heterocycles. The van der Waals surface area contributed by atoms with Crippen molar-refractivity contribution in [3.63, 3.8) is 0 Å². The first kappa shape index (κ1) is 18.3. The van der Waals surface area contributed by atoms with Crippen molar-refractivity contribution in [2.45, 2.75) is 26.9 Å². The second-order valence-electron chi connectivity index (χ2n) is 5.81. The van der Waals surface area contributed by atoms with E-state index in [1.54, 1.807) is 13.0 Å². The Morgan fingerprint density at radius 3 is 2.50 bits per heavy atom. The Bertz CT molecular complexity index is 717. The monoisotopic (exact) mass is 358 g/mol. The van der Waals surface area contributed by atoms with E-state index in [9.17, 15) is 13.2 Å². The van der Waals surface area contributed by atoms with E-state index in [-0.39, 0.29) is 16.5 Å². The van der Waals surface area contributed by atoms with Crippen LogP contribution >= 0.6 is 11.6 Å².